The van der Waals surface area contributed by atoms with Gasteiger partial charge in [-0.1, -0.05) is 6.07 Å². The van der Waals surface area contributed by atoms with Crippen LogP contribution in [-0.2, 0) is 34.2 Å². The highest BCUT2D eigenvalue weighted by molar-refractivity contribution is 7.94. The van der Waals surface area contributed by atoms with Crippen molar-refractivity contribution in [2.24, 2.45) is 0 Å². The Hall–Kier alpha value is -2.91. The Balaban J connectivity index is 1.60. The number of rotatable bonds is 7. The molecule has 0 saturated heterocycles. The maximum Gasteiger partial charge on any atom is 0.337 e. The molecule has 0 saturated carbocycles. The topological polar surface area (TPSA) is 94.6 Å². The Labute approximate surface area is 185 Å². The largest absolute Gasteiger partial charge is 0.487 e. The van der Waals surface area contributed by atoms with E-state index in [1.54, 1.807) is 17.5 Å². The summed E-state index contributed by atoms with van der Waals surface area (Å²) >= 11 is 1.06. The molecular formula is C22H22N2O5S2. The van der Waals surface area contributed by atoms with Crippen molar-refractivity contribution in [1.82, 2.24) is 4.98 Å². The molecule has 0 amide bonds. The molecule has 7 nitrogen and oxygen atoms in total. The predicted molar refractivity (Wildman–Crippen MR) is 118 cm³/mol. The zero-order valence-corrected chi connectivity index (χ0v) is 18.8. The minimum Gasteiger partial charge on any atom is -0.487 e. The zero-order chi connectivity index (χ0) is 22.0. The number of carbonyl (C=O) groups excluding carboxylic acids is 1. The van der Waals surface area contributed by atoms with Gasteiger partial charge in [0.2, 0.25) is 4.34 Å². The molecule has 1 aromatic heterocycles. The highest BCUT2D eigenvalue weighted by Gasteiger charge is 2.22. The van der Waals surface area contributed by atoms with Crippen LogP contribution in [0.15, 0.2) is 46.2 Å². The zero-order valence-electron chi connectivity index (χ0n) is 17.2. The monoisotopic (exact) mass is 458 g/mol. The van der Waals surface area contributed by atoms with Crippen molar-refractivity contribution < 1.29 is 22.7 Å². The van der Waals surface area contributed by atoms with Gasteiger partial charge in [0.1, 0.15) is 12.4 Å². The first-order chi connectivity index (χ1) is 14.9. The number of esters is 1. The minimum atomic E-state index is -3.79. The minimum absolute atomic E-state index is 0.00759. The van der Waals surface area contributed by atoms with Crippen LogP contribution in [0.2, 0.25) is 0 Å². The van der Waals surface area contributed by atoms with E-state index in [2.05, 4.69) is 9.71 Å². The van der Waals surface area contributed by atoms with E-state index in [0.29, 0.717) is 17.0 Å². The van der Waals surface area contributed by atoms with E-state index in [9.17, 15) is 13.2 Å². The second kappa shape index (κ2) is 8.68. The van der Waals surface area contributed by atoms with Gasteiger partial charge in [0.05, 0.1) is 18.4 Å². The third-order valence-corrected chi connectivity index (χ3v) is 7.79. The van der Waals surface area contributed by atoms with Crippen LogP contribution >= 0.6 is 11.3 Å². The lowest BCUT2D eigenvalue weighted by atomic mass is 10.1. The summed E-state index contributed by atoms with van der Waals surface area (Å²) < 4.78 is 38.9. The first-order valence-corrected chi connectivity index (χ1v) is 12.1. The molecule has 162 valence electrons. The number of hydrogen-bond acceptors (Lipinski definition) is 7. The lowest BCUT2D eigenvalue weighted by molar-refractivity contribution is 0.0600. The summed E-state index contributed by atoms with van der Waals surface area (Å²) in [6.07, 6.45) is 4.35. The Bertz CT molecular complexity index is 1220. The third-order valence-electron chi connectivity index (χ3n) is 5.22. The molecule has 0 fully saturated rings. The number of aryl methyl sites for hydroxylation is 3. The van der Waals surface area contributed by atoms with Gasteiger partial charge in [-0.15, -0.1) is 11.3 Å². The number of fused-ring (bicyclic) bond motifs is 1. The lowest BCUT2D eigenvalue weighted by Gasteiger charge is -2.16. The first kappa shape index (κ1) is 21.3. The van der Waals surface area contributed by atoms with Gasteiger partial charge in [-0.3, -0.25) is 4.72 Å². The molecule has 31 heavy (non-hydrogen) atoms. The molecule has 2 aromatic carbocycles. The van der Waals surface area contributed by atoms with Crippen molar-refractivity contribution in [3.8, 4) is 5.75 Å². The molecule has 0 radical (unpaired) electrons. The molecule has 0 unspecified atom stereocenters. The van der Waals surface area contributed by atoms with E-state index < -0.39 is 16.0 Å². The average Bonchev–Trinajstić information content (AvgIpc) is 3.44. The fourth-order valence-electron chi connectivity index (χ4n) is 3.59. The van der Waals surface area contributed by atoms with Crippen molar-refractivity contribution in [2.45, 2.75) is 37.1 Å². The third kappa shape index (κ3) is 4.57. The number of nitrogens with one attached hydrogen (secondary N) is 1. The summed E-state index contributed by atoms with van der Waals surface area (Å²) in [5.41, 5.74) is 4.95. The van der Waals surface area contributed by atoms with Gasteiger partial charge in [-0.25, -0.2) is 9.78 Å². The van der Waals surface area contributed by atoms with Gasteiger partial charge in [0.25, 0.3) is 10.0 Å². The van der Waals surface area contributed by atoms with Crippen LogP contribution in [0.25, 0.3) is 0 Å². The molecule has 1 aliphatic carbocycles. The van der Waals surface area contributed by atoms with Crippen LogP contribution in [0.5, 0.6) is 5.75 Å². The fourth-order valence-corrected chi connectivity index (χ4v) is 5.48. The molecule has 9 heteroatoms. The molecule has 0 spiro atoms. The molecule has 0 atom stereocenters. The number of nitrogens with zero attached hydrogens (tertiary/aromatic N) is 1. The summed E-state index contributed by atoms with van der Waals surface area (Å²) in [6, 6.07) is 9.02. The molecule has 4 rings (SSSR count). The van der Waals surface area contributed by atoms with Crippen LogP contribution in [-0.4, -0.2) is 26.5 Å². The number of hydrogen-bond donors (Lipinski definition) is 1. The molecule has 0 aliphatic heterocycles. The quantitative estimate of drug-likeness (QED) is 0.536. The number of sulfonamides is 1. The van der Waals surface area contributed by atoms with E-state index in [0.717, 1.165) is 47.3 Å². The number of benzene rings is 2. The van der Waals surface area contributed by atoms with E-state index in [1.165, 1.54) is 18.9 Å². The molecule has 0 bridgehead atoms. The fraction of sp³-hybridized carbons (Fsp3) is 0.273. The number of methoxy groups -OCH3 is 1. The summed E-state index contributed by atoms with van der Waals surface area (Å²) in [6.45, 7) is 2.12. The van der Waals surface area contributed by atoms with Crippen molar-refractivity contribution in [3.05, 3.63) is 69.7 Å². The van der Waals surface area contributed by atoms with Gasteiger partial charge in [-0.2, -0.15) is 8.42 Å². The Morgan fingerprint density at radius 1 is 1.19 bits per heavy atom. The smallest absolute Gasteiger partial charge is 0.337 e. The number of carbonyl (C=O) groups is 1. The average molecular weight is 459 g/mol. The van der Waals surface area contributed by atoms with Crippen LogP contribution in [0.1, 0.15) is 39.0 Å². The van der Waals surface area contributed by atoms with Crippen LogP contribution in [0, 0.1) is 6.92 Å². The van der Waals surface area contributed by atoms with Crippen LogP contribution < -0.4 is 9.46 Å². The van der Waals surface area contributed by atoms with Crippen molar-refractivity contribution in [2.75, 3.05) is 11.8 Å². The maximum atomic E-state index is 12.7. The van der Waals surface area contributed by atoms with Gasteiger partial charge in [-0.05, 0) is 72.7 Å². The normalized spacial score (nSPS) is 13.0. The summed E-state index contributed by atoms with van der Waals surface area (Å²) in [7, 11) is -2.45. The number of thiazole rings is 1. The lowest BCUT2D eigenvalue weighted by Crippen LogP contribution is -2.14. The van der Waals surface area contributed by atoms with E-state index in [1.807, 2.05) is 25.1 Å². The SMILES string of the molecule is COC(=O)c1ccc(COc2cc3c(cc2NS(=O)(=O)c2nccs2)CCC3)c(C)c1. The molecule has 3 aromatic rings. The standard InChI is InChI=1S/C22H22N2O5S2/c1-14-10-17(21(25)28-2)6-7-18(14)13-29-20-12-16-5-3-4-15(16)11-19(20)24-31(26,27)22-23-8-9-30-22/h6-12,24H,3-5,13H2,1-2H3. The first-order valence-electron chi connectivity index (χ1n) is 9.76. The van der Waals surface area contributed by atoms with Gasteiger partial charge < -0.3 is 9.47 Å². The van der Waals surface area contributed by atoms with Crippen LogP contribution in [0.4, 0.5) is 5.69 Å². The number of ether oxygens (including phenoxy) is 2. The highest BCUT2D eigenvalue weighted by atomic mass is 32.2. The van der Waals surface area contributed by atoms with Crippen molar-refractivity contribution >= 4 is 33.0 Å². The second-order valence-electron chi connectivity index (χ2n) is 7.30. The Morgan fingerprint density at radius 3 is 2.65 bits per heavy atom. The maximum absolute atomic E-state index is 12.7. The number of aromatic nitrogens is 1. The van der Waals surface area contributed by atoms with Gasteiger partial charge >= 0.3 is 5.97 Å². The second-order valence-corrected chi connectivity index (χ2v) is 10.0. The van der Waals surface area contributed by atoms with E-state index in [4.69, 9.17) is 9.47 Å². The van der Waals surface area contributed by atoms with Gasteiger partial charge in [0, 0.05) is 11.6 Å². The molecule has 1 heterocycles. The van der Waals surface area contributed by atoms with Crippen LogP contribution in [0.3, 0.4) is 0 Å². The van der Waals surface area contributed by atoms with Crippen molar-refractivity contribution in [3.63, 3.8) is 0 Å². The van der Waals surface area contributed by atoms with Gasteiger partial charge in [0.15, 0.2) is 0 Å². The van der Waals surface area contributed by atoms with E-state index >= 15 is 0 Å². The predicted octanol–water partition coefficient (Wildman–Crippen LogP) is 4.11. The molecule has 1 N–H and O–H groups in total. The highest BCUT2D eigenvalue weighted by Crippen LogP contribution is 2.35. The Kier molecular flexibility index (Phi) is 5.97. The summed E-state index contributed by atoms with van der Waals surface area (Å²) in [4.78, 5) is 15.6. The summed E-state index contributed by atoms with van der Waals surface area (Å²) in [5.74, 6) is 0.0743. The molecular weight excluding hydrogens is 436 g/mol. The number of anilines is 1. The summed E-state index contributed by atoms with van der Waals surface area (Å²) in [5, 5.41) is 1.62. The van der Waals surface area contributed by atoms with Crippen molar-refractivity contribution in [1.29, 1.82) is 0 Å². The molecule has 1 aliphatic rings. The van der Waals surface area contributed by atoms with E-state index in [-0.39, 0.29) is 10.9 Å². The Morgan fingerprint density at radius 2 is 1.97 bits per heavy atom.